The Labute approximate surface area is 182 Å². The van der Waals surface area contributed by atoms with E-state index < -0.39 is 0 Å². The average molecular weight is 405 g/mol. The highest BCUT2D eigenvalue weighted by Gasteiger charge is 2.52. The molecule has 0 spiro atoms. The van der Waals surface area contributed by atoms with Crippen LogP contribution in [0.5, 0.6) is 5.75 Å². The Balaban J connectivity index is 1.47. The third kappa shape index (κ3) is 2.68. The Morgan fingerprint density at radius 3 is 1.90 bits per heavy atom. The molecule has 0 aromatic heterocycles. The summed E-state index contributed by atoms with van der Waals surface area (Å²) < 4.78 is 6.14. The summed E-state index contributed by atoms with van der Waals surface area (Å²) in [5.41, 5.74) is 5.34. The highest BCUT2D eigenvalue weighted by atomic mass is 16.5. The maximum atomic E-state index is 13.8. The van der Waals surface area contributed by atoms with Gasteiger partial charge in [0.05, 0.1) is 5.92 Å². The summed E-state index contributed by atoms with van der Waals surface area (Å²) in [4.78, 5) is 13.8. The van der Waals surface area contributed by atoms with E-state index in [0.29, 0.717) is 5.75 Å². The van der Waals surface area contributed by atoms with Gasteiger partial charge in [0, 0.05) is 17.2 Å². The van der Waals surface area contributed by atoms with Crippen molar-refractivity contribution in [3.8, 4) is 5.75 Å². The molecule has 0 aliphatic heterocycles. The zero-order chi connectivity index (χ0) is 20.9. The summed E-state index contributed by atoms with van der Waals surface area (Å²) in [5.74, 6) is 0.886. The van der Waals surface area contributed by atoms with Crippen LogP contribution in [0.15, 0.2) is 91.0 Å². The minimum Gasteiger partial charge on any atom is -0.426 e. The standard InChI is InChI=1S/C29H24O2/c1-2-19-26-21-13-5-7-15-23(21)27(24-16-8-6-14-22(24)26)28(19)29(30)31-25-17-9-11-18-10-3-4-12-20(18)25/h3-17,19,26-28H,2H2,1H3. The fourth-order valence-electron chi connectivity index (χ4n) is 6.05. The van der Waals surface area contributed by atoms with Gasteiger partial charge in [-0.1, -0.05) is 98.3 Å². The van der Waals surface area contributed by atoms with Gasteiger partial charge in [-0.3, -0.25) is 4.79 Å². The molecular weight excluding hydrogens is 380 g/mol. The van der Waals surface area contributed by atoms with Crippen molar-refractivity contribution in [2.45, 2.75) is 25.2 Å². The van der Waals surface area contributed by atoms with E-state index in [1.165, 1.54) is 22.3 Å². The van der Waals surface area contributed by atoms with E-state index in [0.717, 1.165) is 17.2 Å². The van der Waals surface area contributed by atoms with Gasteiger partial charge in [0.25, 0.3) is 0 Å². The Morgan fingerprint density at radius 2 is 1.26 bits per heavy atom. The Morgan fingerprint density at radius 1 is 0.710 bits per heavy atom. The first kappa shape index (κ1) is 18.4. The van der Waals surface area contributed by atoms with E-state index in [2.05, 4.69) is 67.6 Å². The zero-order valence-corrected chi connectivity index (χ0v) is 17.5. The molecule has 2 bridgehead atoms. The Hall–Kier alpha value is -3.39. The van der Waals surface area contributed by atoms with E-state index in [1.807, 2.05) is 30.3 Å². The minimum atomic E-state index is -0.182. The number of rotatable bonds is 3. The monoisotopic (exact) mass is 404 g/mol. The first-order valence-corrected chi connectivity index (χ1v) is 11.1. The van der Waals surface area contributed by atoms with Crippen molar-refractivity contribution in [2.24, 2.45) is 11.8 Å². The summed E-state index contributed by atoms with van der Waals surface area (Å²) >= 11 is 0. The molecule has 4 aromatic carbocycles. The lowest BCUT2D eigenvalue weighted by atomic mass is 9.53. The van der Waals surface area contributed by atoms with Gasteiger partial charge in [-0.25, -0.2) is 0 Å². The van der Waals surface area contributed by atoms with Crippen LogP contribution in [-0.4, -0.2) is 5.97 Å². The summed E-state index contributed by atoms with van der Waals surface area (Å²) in [7, 11) is 0. The summed E-state index contributed by atoms with van der Waals surface area (Å²) in [6, 6.07) is 31.3. The van der Waals surface area contributed by atoms with Crippen LogP contribution in [0, 0.1) is 11.8 Å². The second-order valence-electron chi connectivity index (χ2n) is 8.71. The highest BCUT2D eigenvalue weighted by Crippen LogP contribution is 2.59. The predicted molar refractivity (Wildman–Crippen MR) is 123 cm³/mol. The average Bonchev–Trinajstić information content (AvgIpc) is 2.83. The molecule has 2 unspecified atom stereocenters. The Bertz CT molecular complexity index is 1250. The lowest BCUT2D eigenvalue weighted by Crippen LogP contribution is -2.44. The fraction of sp³-hybridized carbons (Fsp3) is 0.207. The molecule has 31 heavy (non-hydrogen) atoms. The molecule has 3 aliphatic carbocycles. The van der Waals surface area contributed by atoms with Gasteiger partial charge in [-0.2, -0.15) is 0 Å². The first-order valence-electron chi connectivity index (χ1n) is 11.1. The third-order valence-electron chi connectivity index (χ3n) is 7.28. The second kappa shape index (κ2) is 7.09. The zero-order valence-electron chi connectivity index (χ0n) is 17.5. The molecule has 0 heterocycles. The summed E-state index contributed by atoms with van der Waals surface area (Å²) in [6.07, 6.45) is 0.944. The third-order valence-corrected chi connectivity index (χ3v) is 7.28. The molecule has 0 saturated heterocycles. The van der Waals surface area contributed by atoms with Gasteiger partial charge >= 0.3 is 5.97 Å². The van der Waals surface area contributed by atoms with Gasteiger partial charge in [-0.15, -0.1) is 0 Å². The molecule has 2 nitrogen and oxygen atoms in total. The molecule has 2 heteroatoms. The van der Waals surface area contributed by atoms with Crippen molar-refractivity contribution in [3.05, 3.63) is 113 Å². The maximum absolute atomic E-state index is 13.8. The van der Waals surface area contributed by atoms with Crippen LogP contribution in [0.2, 0.25) is 0 Å². The minimum absolute atomic E-state index is 0.0461. The highest BCUT2D eigenvalue weighted by molar-refractivity contribution is 5.91. The molecule has 0 N–H and O–H groups in total. The van der Waals surface area contributed by atoms with Gasteiger partial charge in [0.2, 0.25) is 0 Å². The van der Waals surface area contributed by atoms with Gasteiger partial charge in [-0.05, 0) is 39.6 Å². The SMILES string of the molecule is CCC1C2c3ccccc3C(c3ccccc32)C1C(=O)Oc1cccc2ccccc12. The van der Waals surface area contributed by atoms with Gasteiger partial charge < -0.3 is 4.74 Å². The van der Waals surface area contributed by atoms with Crippen molar-refractivity contribution in [3.63, 3.8) is 0 Å². The molecule has 7 rings (SSSR count). The molecule has 4 aromatic rings. The van der Waals surface area contributed by atoms with E-state index in [1.54, 1.807) is 0 Å². The van der Waals surface area contributed by atoms with Crippen molar-refractivity contribution < 1.29 is 9.53 Å². The number of hydrogen-bond donors (Lipinski definition) is 0. The fourth-order valence-corrected chi connectivity index (χ4v) is 6.05. The molecule has 0 fully saturated rings. The van der Waals surface area contributed by atoms with Crippen LogP contribution in [-0.2, 0) is 4.79 Å². The van der Waals surface area contributed by atoms with Crippen molar-refractivity contribution in [2.75, 3.05) is 0 Å². The lowest BCUT2D eigenvalue weighted by molar-refractivity contribution is -0.142. The number of ether oxygens (including phenoxy) is 1. The number of carbonyl (C=O) groups excluding carboxylic acids is 1. The van der Waals surface area contributed by atoms with Crippen molar-refractivity contribution >= 4 is 16.7 Å². The number of fused-ring (bicyclic) bond motifs is 2. The van der Waals surface area contributed by atoms with Gasteiger partial charge in [0.1, 0.15) is 5.75 Å². The molecule has 0 saturated carbocycles. The number of hydrogen-bond acceptors (Lipinski definition) is 2. The smallest absolute Gasteiger partial charge is 0.315 e. The number of benzene rings is 4. The summed E-state index contributed by atoms with van der Waals surface area (Å²) in [6.45, 7) is 2.20. The Kier molecular flexibility index (Phi) is 4.21. The molecule has 0 radical (unpaired) electrons. The largest absolute Gasteiger partial charge is 0.426 e. The van der Waals surface area contributed by atoms with Crippen molar-refractivity contribution in [1.82, 2.24) is 0 Å². The topological polar surface area (TPSA) is 26.3 Å². The van der Waals surface area contributed by atoms with Gasteiger partial charge in [0.15, 0.2) is 0 Å². The quantitative estimate of drug-likeness (QED) is 0.281. The van der Waals surface area contributed by atoms with Crippen LogP contribution in [0.4, 0.5) is 0 Å². The molecular formula is C29H24O2. The van der Waals surface area contributed by atoms with E-state index in [4.69, 9.17) is 4.74 Å². The normalized spacial score (nSPS) is 23.3. The maximum Gasteiger partial charge on any atom is 0.315 e. The van der Waals surface area contributed by atoms with Crippen LogP contribution in [0.1, 0.15) is 47.4 Å². The lowest BCUT2D eigenvalue weighted by Gasteiger charge is -2.49. The predicted octanol–water partition coefficient (Wildman–Crippen LogP) is 6.68. The number of esters is 1. The molecule has 0 amide bonds. The van der Waals surface area contributed by atoms with Crippen LogP contribution in [0.3, 0.4) is 0 Å². The van der Waals surface area contributed by atoms with Crippen LogP contribution < -0.4 is 4.74 Å². The van der Waals surface area contributed by atoms with Crippen LogP contribution in [0.25, 0.3) is 10.8 Å². The molecule has 152 valence electrons. The first-order chi connectivity index (χ1) is 15.3. The second-order valence-corrected chi connectivity index (χ2v) is 8.71. The van der Waals surface area contributed by atoms with E-state index in [-0.39, 0.29) is 29.6 Å². The van der Waals surface area contributed by atoms with E-state index >= 15 is 0 Å². The molecule has 2 atom stereocenters. The summed E-state index contributed by atoms with van der Waals surface area (Å²) in [5, 5.41) is 2.06. The van der Waals surface area contributed by atoms with Crippen LogP contribution >= 0.6 is 0 Å². The van der Waals surface area contributed by atoms with Crippen molar-refractivity contribution in [1.29, 1.82) is 0 Å². The van der Waals surface area contributed by atoms with E-state index in [9.17, 15) is 4.79 Å². The number of carbonyl (C=O) groups is 1. The molecule has 3 aliphatic rings.